The minimum absolute atomic E-state index is 0.00463. The predicted molar refractivity (Wildman–Crippen MR) is 40.3 cm³/mol. The van der Waals surface area contributed by atoms with E-state index in [1.807, 2.05) is 0 Å². The molecule has 0 radical (unpaired) electrons. The molecule has 2 heterocycles. The Balaban J connectivity index is 2.00. The van der Waals surface area contributed by atoms with E-state index in [1.165, 1.54) is 4.90 Å². The van der Waals surface area contributed by atoms with E-state index in [0.717, 1.165) is 13.0 Å². The van der Waals surface area contributed by atoms with Crippen LogP contribution in [0.1, 0.15) is 6.42 Å². The van der Waals surface area contributed by atoms with Gasteiger partial charge in [0, 0.05) is 13.6 Å². The number of nitrogens with zero attached hydrogens (tertiary/aromatic N) is 2. The van der Waals surface area contributed by atoms with Gasteiger partial charge in [0.2, 0.25) is 0 Å². The van der Waals surface area contributed by atoms with Gasteiger partial charge in [-0.2, -0.15) is 0 Å². The first-order valence-corrected chi connectivity index (χ1v) is 4.28. The number of carbonyl (C=O) groups excluding carboxylic acids is 2. The molecule has 1 aliphatic carbocycles. The Morgan fingerprint density at radius 2 is 2.17 bits per heavy atom. The van der Waals surface area contributed by atoms with Crippen LogP contribution < -0.4 is 0 Å². The van der Waals surface area contributed by atoms with Gasteiger partial charge < -0.3 is 4.90 Å². The molecule has 3 unspecified atom stereocenters. The lowest BCUT2D eigenvalue weighted by molar-refractivity contribution is -0.127. The van der Waals surface area contributed by atoms with Gasteiger partial charge in [-0.25, -0.2) is 4.79 Å². The first kappa shape index (κ1) is 6.46. The zero-order valence-electron chi connectivity index (χ0n) is 6.86. The number of piperidine rings is 1. The van der Waals surface area contributed by atoms with E-state index in [1.54, 1.807) is 11.9 Å². The van der Waals surface area contributed by atoms with E-state index >= 15 is 0 Å². The molecule has 0 aromatic heterocycles. The third-order valence-corrected chi connectivity index (χ3v) is 3.27. The first-order valence-electron chi connectivity index (χ1n) is 4.28. The highest BCUT2D eigenvalue weighted by Gasteiger charge is 2.61. The van der Waals surface area contributed by atoms with Crippen LogP contribution >= 0.6 is 0 Å². The summed E-state index contributed by atoms with van der Waals surface area (Å²) in [6, 6.07) is -0.190. The van der Waals surface area contributed by atoms with Gasteiger partial charge in [0.1, 0.15) is 6.04 Å². The molecular weight excluding hydrogens is 156 g/mol. The fourth-order valence-corrected chi connectivity index (χ4v) is 2.46. The maximum absolute atomic E-state index is 11.5. The van der Waals surface area contributed by atoms with Crippen molar-refractivity contribution in [1.29, 1.82) is 0 Å². The number of hydrogen-bond acceptors (Lipinski definition) is 2. The third kappa shape index (κ3) is 0.519. The number of carbonyl (C=O) groups is 2. The standard InChI is InChI=1S/C8H10N2O2/c1-9-7(11)6-5-2-4(5)3-10(6)8(9)12/h4-6H,2-3H2,1H3. The second-order valence-electron chi connectivity index (χ2n) is 3.94. The molecule has 4 heteroatoms. The fraction of sp³-hybridized carbons (Fsp3) is 0.750. The molecular formula is C8H10N2O2. The molecule has 1 saturated carbocycles. The van der Waals surface area contributed by atoms with Crippen molar-refractivity contribution in [2.45, 2.75) is 12.5 Å². The Morgan fingerprint density at radius 3 is 2.83 bits per heavy atom. The summed E-state index contributed by atoms with van der Waals surface area (Å²) in [5, 5.41) is 0. The molecule has 0 N–H and O–H groups in total. The van der Waals surface area contributed by atoms with E-state index in [9.17, 15) is 9.59 Å². The number of fused-ring (bicyclic) bond motifs is 3. The third-order valence-electron chi connectivity index (χ3n) is 3.27. The SMILES string of the molecule is CN1C(=O)C2C3CC3CN2C1=O. The van der Waals surface area contributed by atoms with Crippen LogP contribution in [-0.2, 0) is 4.79 Å². The predicted octanol–water partition coefficient (Wildman–Crippen LogP) is -0.101. The lowest BCUT2D eigenvalue weighted by atomic mass is 10.2. The molecule has 4 nitrogen and oxygen atoms in total. The van der Waals surface area contributed by atoms with Gasteiger partial charge in [-0.3, -0.25) is 9.69 Å². The average Bonchev–Trinajstić information content (AvgIpc) is 2.68. The molecule has 0 aromatic rings. The summed E-state index contributed by atoms with van der Waals surface area (Å²) in [6.45, 7) is 0.810. The number of hydrogen-bond donors (Lipinski definition) is 0. The molecule has 0 spiro atoms. The monoisotopic (exact) mass is 166 g/mol. The molecule has 0 aromatic carbocycles. The normalized spacial score (nSPS) is 43.6. The Hall–Kier alpha value is -1.06. The van der Waals surface area contributed by atoms with E-state index in [4.69, 9.17) is 0 Å². The van der Waals surface area contributed by atoms with E-state index in [2.05, 4.69) is 0 Å². The van der Waals surface area contributed by atoms with Crippen LogP contribution in [0.5, 0.6) is 0 Å². The molecule has 0 bridgehead atoms. The van der Waals surface area contributed by atoms with Crippen LogP contribution in [0.2, 0.25) is 0 Å². The molecule has 2 saturated heterocycles. The highest BCUT2D eigenvalue weighted by atomic mass is 16.2. The summed E-state index contributed by atoms with van der Waals surface area (Å²) in [6.07, 6.45) is 1.15. The second kappa shape index (κ2) is 1.65. The lowest BCUT2D eigenvalue weighted by Gasteiger charge is -2.14. The topological polar surface area (TPSA) is 40.6 Å². The van der Waals surface area contributed by atoms with Crippen molar-refractivity contribution in [3.63, 3.8) is 0 Å². The van der Waals surface area contributed by atoms with Crippen molar-refractivity contribution in [3.8, 4) is 0 Å². The number of amides is 3. The van der Waals surface area contributed by atoms with Crippen LogP contribution in [-0.4, -0.2) is 41.4 Å². The minimum atomic E-state index is -0.0998. The van der Waals surface area contributed by atoms with E-state index in [0.29, 0.717) is 11.8 Å². The highest BCUT2D eigenvalue weighted by Crippen LogP contribution is 2.51. The number of imide groups is 1. The van der Waals surface area contributed by atoms with Crippen LogP contribution in [0.3, 0.4) is 0 Å². The second-order valence-corrected chi connectivity index (χ2v) is 3.94. The molecule has 3 fully saturated rings. The van der Waals surface area contributed by atoms with Crippen molar-refractivity contribution in [3.05, 3.63) is 0 Å². The van der Waals surface area contributed by atoms with Gasteiger partial charge in [0.25, 0.3) is 5.91 Å². The van der Waals surface area contributed by atoms with Crippen LogP contribution in [0.25, 0.3) is 0 Å². The van der Waals surface area contributed by atoms with Gasteiger partial charge in [0.05, 0.1) is 0 Å². The molecule has 12 heavy (non-hydrogen) atoms. The zero-order valence-corrected chi connectivity index (χ0v) is 6.86. The Labute approximate surface area is 70.1 Å². The van der Waals surface area contributed by atoms with Crippen molar-refractivity contribution >= 4 is 11.9 Å². The summed E-state index contributed by atoms with van der Waals surface area (Å²) >= 11 is 0. The van der Waals surface area contributed by atoms with Gasteiger partial charge >= 0.3 is 6.03 Å². The van der Waals surface area contributed by atoms with Crippen molar-refractivity contribution in [2.24, 2.45) is 11.8 Å². The summed E-state index contributed by atoms with van der Waals surface area (Å²) in [7, 11) is 1.57. The number of likely N-dealkylation sites (N-methyl/N-ethyl adjacent to an activating group) is 1. The van der Waals surface area contributed by atoms with E-state index < -0.39 is 0 Å². The van der Waals surface area contributed by atoms with Gasteiger partial charge in [-0.15, -0.1) is 0 Å². The molecule has 64 valence electrons. The Bertz CT molecular complexity index is 289. The summed E-state index contributed by atoms with van der Waals surface area (Å²) in [4.78, 5) is 25.9. The maximum Gasteiger partial charge on any atom is 0.327 e. The van der Waals surface area contributed by atoms with Crippen LogP contribution in [0, 0.1) is 11.8 Å². The smallest absolute Gasteiger partial charge is 0.312 e. The van der Waals surface area contributed by atoms with Crippen molar-refractivity contribution in [1.82, 2.24) is 9.80 Å². The zero-order chi connectivity index (χ0) is 8.46. The highest BCUT2D eigenvalue weighted by molar-refractivity contribution is 6.04. The summed E-state index contributed by atoms with van der Waals surface area (Å²) in [5.41, 5.74) is 0. The molecule has 3 rings (SSSR count). The quantitative estimate of drug-likeness (QED) is 0.471. The number of urea groups is 1. The molecule has 3 atom stereocenters. The minimum Gasteiger partial charge on any atom is -0.312 e. The van der Waals surface area contributed by atoms with Gasteiger partial charge in [-0.1, -0.05) is 0 Å². The average molecular weight is 166 g/mol. The largest absolute Gasteiger partial charge is 0.327 e. The van der Waals surface area contributed by atoms with Gasteiger partial charge in [-0.05, 0) is 18.3 Å². The first-order chi connectivity index (χ1) is 5.70. The molecule has 3 aliphatic rings. The Morgan fingerprint density at radius 1 is 1.42 bits per heavy atom. The molecule has 2 aliphatic heterocycles. The summed E-state index contributed by atoms with van der Waals surface area (Å²) in [5.74, 6) is 1.13. The van der Waals surface area contributed by atoms with Crippen LogP contribution in [0.4, 0.5) is 4.79 Å². The fourth-order valence-electron chi connectivity index (χ4n) is 2.46. The maximum atomic E-state index is 11.5. The van der Waals surface area contributed by atoms with Gasteiger partial charge in [0.15, 0.2) is 0 Å². The Kier molecular flexibility index (Phi) is 0.888. The van der Waals surface area contributed by atoms with Crippen molar-refractivity contribution in [2.75, 3.05) is 13.6 Å². The van der Waals surface area contributed by atoms with Crippen molar-refractivity contribution < 1.29 is 9.59 Å². The van der Waals surface area contributed by atoms with Crippen LogP contribution in [0.15, 0.2) is 0 Å². The summed E-state index contributed by atoms with van der Waals surface area (Å²) < 4.78 is 0. The van der Waals surface area contributed by atoms with E-state index in [-0.39, 0.29) is 18.0 Å². The molecule has 3 amide bonds. The number of rotatable bonds is 0. The lowest BCUT2D eigenvalue weighted by Crippen LogP contribution is -2.32.